The summed E-state index contributed by atoms with van der Waals surface area (Å²) in [5.41, 5.74) is 0. The molecule has 72 valence electrons. The van der Waals surface area contributed by atoms with Gasteiger partial charge in [0.25, 0.3) is 10.2 Å². The van der Waals surface area contributed by atoms with Gasteiger partial charge in [0.05, 0.1) is 0 Å². The van der Waals surface area contributed by atoms with Crippen molar-refractivity contribution < 1.29 is 8.42 Å². The minimum atomic E-state index is -3.17. The maximum absolute atomic E-state index is 11.5. The zero-order valence-corrected chi connectivity index (χ0v) is 9.60. The Hall–Kier alpha value is 0.350. The lowest BCUT2D eigenvalue weighted by molar-refractivity contribution is 0.422. The van der Waals surface area contributed by atoms with Crippen LogP contribution in [0, 0.1) is 0 Å². The minimum Gasteiger partial charge on any atom is -0.195 e. The van der Waals surface area contributed by atoms with Gasteiger partial charge in [-0.05, 0) is 6.42 Å². The van der Waals surface area contributed by atoms with E-state index in [0.29, 0.717) is 17.9 Å². The lowest BCUT2D eigenvalue weighted by Gasteiger charge is -2.20. The zero-order valence-electron chi connectivity index (χ0n) is 7.20. The van der Waals surface area contributed by atoms with Crippen molar-refractivity contribution in [1.82, 2.24) is 8.61 Å². The summed E-state index contributed by atoms with van der Waals surface area (Å²) in [5, 5.41) is 0. The summed E-state index contributed by atoms with van der Waals surface area (Å²) in [7, 11) is -0.0679. The standard InChI is InChI=1S/C6H13BrN2O2S/c1-8(2)12(10,11)9-4-3-6(7)5-9/h6H,3-5H2,1-2H3. The molecule has 6 heteroatoms. The van der Waals surface area contributed by atoms with E-state index in [0.717, 1.165) is 6.42 Å². The van der Waals surface area contributed by atoms with E-state index in [9.17, 15) is 8.42 Å². The molecule has 0 aromatic carbocycles. The summed E-state index contributed by atoms with van der Waals surface area (Å²) in [5.74, 6) is 0. The second-order valence-electron chi connectivity index (χ2n) is 3.03. The van der Waals surface area contributed by atoms with Crippen molar-refractivity contribution in [3.8, 4) is 0 Å². The average Bonchev–Trinajstić information content (AvgIpc) is 2.35. The highest BCUT2D eigenvalue weighted by molar-refractivity contribution is 9.09. The van der Waals surface area contributed by atoms with Gasteiger partial charge in [-0.25, -0.2) is 0 Å². The maximum atomic E-state index is 11.5. The molecule has 12 heavy (non-hydrogen) atoms. The van der Waals surface area contributed by atoms with E-state index in [4.69, 9.17) is 0 Å². The topological polar surface area (TPSA) is 40.6 Å². The molecule has 0 N–H and O–H groups in total. The first kappa shape index (κ1) is 10.4. The molecule has 1 fully saturated rings. The third-order valence-corrected chi connectivity index (χ3v) is 4.54. The Bertz CT molecular complexity index is 252. The molecular formula is C6H13BrN2O2S. The predicted octanol–water partition coefficient (Wildman–Crippen LogP) is 0.262. The van der Waals surface area contributed by atoms with Crippen LogP contribution in [0.5, 0.6) is 0 Å². The van der Waals surface area contributed by atoms with Crippen molar-refractivity contribution in [2.75, 3.05) is 27.2 Å². The Morgan fingerprint density at radius 2 is 2.08 bits per heavy atom. The Morgan fingerprint density at radius 1 is 1.50 bits per heavy atom. The molecule has 1 aliphatic heterocycles. The van der Waals surface area contributed by atoms with E-state index in [-0.39, 0.29) is 0 Å². The predicted molar refractivity (Wildman–Crippen MR) is 51.5 cm³/mol. The summed E-state index contributed by atoms with van der Waals surface area (Å²) in [6.07, 6.45) is 0.896. The van der Waals surface area contributed by atoms with Crippen molar-refractivity contribution >= 4 is 26.1 Å². The maximum Gasteiger partial charge on any atom is 0.281 e. The van der Waals surface area contributed by atoms with Crippen LogP contribution in [0.1, 0.15) is 6.42 Å². The summed E-state index contributed by atoms with van der Waals surface area (Å²) >= 11 is 3.40. The van der Waals surface area contributed by atoms with Crippen LogP contribution in [-0.2, 0) is 10.2 Å². The summed E-state index contributed by atoms with van der Waals surface area (Å²) in [6.45, 7) is 1.21. The van der Waals surface area contributed by atoms with E-state index in [1.807, 2.05) is 0 Å². The fraction of sp³-hybridized carbons (Fsp3) is 1.00. The van der Waals surface area contributed by atoms with E-state index < -0.39 is 10.2 Å². The molecule has 1 saturated heterocycles. The smallest absolute Gasteiger partial charge is 0.195 e. The summed E-state index contributed by atoms with van der Waals surface area (Å²) in [6, 6.07) is 0. The van der Waals surface area contributed by atoms with E-state index in [1.54, 1.807) is 14.1 Å². The molecule has 1 aliphatic rings. The van der Waals surface area contributed by atoms with Crippen molar-refractivity contribution in [3.63, 3.8) is 0 Å². The number of alkyl halides is 1. The summed E-state index contributed by atoms with van der Waals surface area (Å²) < 4.78 is 25.8. The zero-order chi connectivity index (χ0) is 9.35. The molecule has 0 amide bonds. The molecular weight excluding hydrogens is 244 g/mol. The summed E-state index contributed by atoms with van der Waals surface area (Å²) in [4.78, 5) is 0.312. The first-order chi connectivity index (χ1) is 5.44. The molecule has 1 unspecified atom stereocenters. The van der Waals surface area contributed by atoms with Crippen LogP contribution >= 0.6 is 15.9 Å². The van der Waals surface area contributed by atoms with Crippen molar-refractivity contribution in [3.05, 3.63) is 0 Å². The highest BCUT2D eigenvalue weighted by atomic mass is 79.9. The molecule has 0 aromatic heterocycles. The van der Waals surface area contributed by atoms with Gasteiger partial charge in [-0.1, -0.05) is 15.9 Å². The molecule has 1 atom stereocenters. The lowest BCUT2D eigenvalue weighted by Crippen LogP contribution is -2.38. The quantitative estimate of drug-likeness (QED) is 0.666. The number of hydrogen-bond acceptors (Lipinski definition) is 2. The van der Waals surface area contributed by atoms with Crippen LogP contribution in [0.4, 0.5) is 0 Å². The second kappa shape index (κ2) is 3.61. The fourth-order valence-electron chi connectivity index (χ4n) is 1.13. The third-order valence-electron chi connectivity index (χ3n) is 1.88. The fourth-order valence-corrected chi connectivity index (χ4v) is 3.04. The van der Waals surface area contributed by atoms with Gasteiger partial charge in [-0.2, -0.15) is 17.0 Å². The Labute approximate surface area is 81.8 Å². The first-order valence-corrected chi connectivity index (χ1v) is 6.07. The third kappa shape index (κ3) is 1.99. The molecule has 0 aliphatic carbocycles. The SMILES string of the molecule is CN(C)S(=O)(=O)N1CCC(Br)C1. The van der Waals surface area contributed by atoms with Gasteiger partial charge in [0.1, 0.15) is 0 Å². The number of rotatable bonds is 2. The van der Waals surface area contributed by atoms with Gasteiger partial charge in [-0.3, -0.25) is 0 Å². The average molecular weight is 257 g/mol. The van der Waals surface area contributed by atoms with Gasteiger partial charge in [0.2, 0.25) is 0 Å². The van der Waals surface area contributed by atoms with Crippen LogP contribution in [0.2, 0.25) is 0 Å². The van der Waals surface area contributed by atoms with Crippen molar-refractivity contribution in [2.24, 2.45) is 0 Å². The number of nitrogens with zero attached hydrogens (tertiary/aromatic N) is 2. The number of halogens is 1. The highest BCUT2D eigenvalue weighted by Gasteiger charge is 2.31. The molecule has 0 saturated carbocycles. The van der Waals surface area contributed by atoms with Crippen LogP contribution < -0.4 is 0 Å². The van der Waals surface area contributed by atoms with Crippen LogP contribution in [0.15, 0.2) is 0 Å². The second-order valence-corrected chi connectivity index (χ2v) is 6.47. The first-order valence-electron chi connectivity index (χ1n) is 3.76. The Balaban J connectivity index is 2.71. The molecule has 0 aromatic rings. The molecule has 1 rings (SSSR count). The Morgan fingerprint density at radius 3 is 2.42 bits per heavy atom. The minimum absolute atomic E-state index is 0.312. The van der Waals surface area contributed by atoms with E-state index in [1.165, 1.54) is 8.61 Å². The van der Waals surface area contributed by atoms with Crippen molar-refractivity contribution in [1.29, 1.82) is 0 Å². The molecule has 0 spiro atoms. The molecule has 1 heterocycles. The van der Waals surface area contributed by atoms with Crippen LogP contribution in [0.25, 0.3) is 0 Å². The Kier molecular flexibility index (Phi) is 3.14. The van der Waals surface area contributed by atoms with Gasteiger partial charge in [0, 0.05) is 32.0 Å². The largest absolute Gasteiger partial charge is 0.281 e. The molecule has 4 nitrogen and oxygen atoms in total. The van der Waals surface area contributed by atoms with Crippen LogP contribution in [0.3, 0.4) is 0 Å². The van der Waals surface area contributed by atoms with Gasteiger partial charge < -0.3 is 0 Å². The monoisotopic (exact) mass is 256 g/mol. The van der Waals surface area contributed by atoms with E-state index >= 15 is 0 Å². The van der Waals surface area contributed by atoms with Gasteiger partial charge in [-0.15, -0.1) is 0 Å². The number of hydrogen-bond donors (Lipinski definition) is 0. The molecule has 0 radical (unpaired) electrons. The van der Waals surface area contributed by atoms with E-state index in [2.05, 4.69) is 15.9 Å². The highest BCUT2D eigenvalue weighted by Crippen LogP contribution is 2.20. The van der Waals surface area contributed by atoms with Crippen molar-refractivity contribution in [2.45, 2.75) is 11.2 Å². The van der Waals surface area contributed by atoms with Crippen LogP contribution in [-0.4, -0.2) is 49.0 Å². The lowest BCUT2D eigenvalue weighted by atomic mass is 10.4. The van der Waals surface area contributed by atoms with Gasteiger partial charge >= 0.3 is 0 Å². The molecule has 0 bridgehead atoms. The van der Waals surface area contributed by atoms with Gasteiger partial charge in [0.15, 0.2) is 0 Å². The normalized spacial score (nSPS) is 26.8.